The quantitative estimate of drug-likeness (QED) is 0.774. The summed E-state index contributed by atoms with van der Waals surface area (Å²) >= 11 is 0. The molecule has 0 N–H and O–H groups in total. The number of pyridine rings is 1. The van der Waals surface area contributed by atoms with E-state index >= 15 is 0 Å². The largest absolute Gasteiger partial charge is 0.416 e. The van der Waals surface area contributed by atoms with Crippen LogP contribution in [-0.4, -0.2) is 4.98 Å². The lowest BCUT2D eigenvalue weighted by Crippen LogP contribution is -2.06. The summed E-state index contributed by atoms with van der Waals surface area (Å²) in [6, 6.07) is 9.27. The summed E-state index contributed by atoms with van der Waals surface area (Å²) in [5.74, 6) is 0. The van der Waals surface area contributed by atoms with Gasteiger partial charge in [0.1, 0.15) is 0 Å². The second kappa shape index (κ2) is 4.80. The Labute approximate surface area is 103 Å². The van der Waals surface area contributed by atoms with Crippen molar-refractivity contribution in [2.24, 2.45) is 0 Å². The number of hydrogen-bond donors (Lipinski definition) is 0. The van der Waals surface area contributed by atoms with Gasteiger partial charge in [-0.3, -0.25) is 4.98 Å². The van der Waals surface area contributed by atoms with Gasteiger partial charge in [0.25, 0.3) is 0 Å². The van der Waals surface area contributed by atoms with Gasteiger partial charge in [0.05, 0.1) is 11.3 Å². The third-order valence-corrected chi connectivity index (χ3v) is 2.69. The van der Waals surface area contributed by atoms with Crippen LogP contribution < -0.4 is 0 Å². The molecule has 1 heterocycles. The summed E-state index contributed by atoms with van der Waals surface area (Å²) in [7, 11) is 0. The van der Waals surface area contributed by atoms with Gasteiger partial charge in [-0.1, -0.05) is 13.0 Å². The Morgan fingerprint density at radius 1 is 1.11 bits per heavy atom. The van der Waals surface area contributed by atoms with Gasteiger partial charge in [0.15, 0.2) is 0 Å². The van der Waals surface area contributed by atoms with Gasteiger partial charge >= 0.3 is 6.18 Å². The van der Waals surface area contributed by atoms with Crippen molar-refractivity contribution in [2.45, 2.75) is 19.5 Å². The molecular weight excluding hydrogens is 239 g/mol. The predicted molar refractivity (Wildman–Crippen MR) is 64.1 cm³/mol. The van der Waals surface area contributed by atoms with E-state index in [1.54, 1.807) is 30.5 Å². The number of aromatic nitrogens is 1. The van der Waals surface area contributed by atoms with Crippen molar-refractivity contribution in [3.8, 4) is 11.3 Å². The fourth-order valence-electron chi connectivity index (χ4n) is 1.74. The van der Waals surface area contributed by atoms with Crippen LogP contribution in [0.2, 0.25) is 0 Å². The summed E-state index contributed by atoms with van der Waals surface area (Å²) in [5, 5.41) is 0. The predicted octanol–water partition coefficient (Wildman–Crippen LogP) is 4.33. The van der Waals surface area contributed by atoms with Crippen molar-refractivity contribution in [1.29, 1.82) is 0 Å². The SMILES string of the molecule is CCc1cc(-c2ccccn2)cc(C(F)(F)F)c1. The van der Waals surface area contributed by atoms with Crippen molar-refractivity contribution in [3.05, 3.63) is 53.7 Å². The van der Waals surface area contributed by atoms with Crippen LogP contribution in [0.5, 0.6) is 0 Å². The summed E-state index contributed by atoms with van der Waals surface area (Å²) in [4.78, 5) is 4.08. The van der Waals surface area contributed by atoms with E-state index in [-0.39, 0.29) is 0 Å². The van der Waals surface area contributed by atoms with Gasteiger partial charge < -0.3 is 0 Å². The number of benzene rings is 1. The van der Waals surface area contributed by atoms with Crippen molar-refractivity contribution in [1.82, 2.24) is 4.98 Å². The molecule has 4 heteroatoms. The Kier molecular flexibility index (Phi) is 3.36. The maximum absolute atomic E-state index is 12.8. The van der Waals surface area contributed by atoms with Gasteiger partial charge in [-0.15, -0.1) is 0 Å². The van der Waals surface area contributed by atoms with Gasteiger partial charge in [0.2, 0.25) is 0 Å². The zero-order chi connectivity index (χ0) is 13.2. The maximum Gasteiger partial charge on any atom is 0.416 e. The number of halogens is 3. The monoisotopic (exact) mass is 251 g/mol. The van der Waals surface area contributed by atoms with Crippen LogP contribution >= 0.6 is 0 Å². The molecule has 1 nitrogen and oxygen atoms in total. The molecule has 0 aliphatic heterocycles. The van der Waals surface area contributed by atoms with Crippen molar-refractivity contribution >= 4 is 0 Å². The number of hydrogen-bond acceptors (Lipinski definition) is 1. The summed E-state index contributed by atoms with van der Waals surface area (Å²) in [5.41, 5.74) is 1.09. The van der Waals surface area contributed by atoms with E-state index in [9.17, 15) is 13.2 Å². The van der Waals surface area contributed by atoms with Crippen LogP contribution in [0.3, 0.4) is 0 Å². The van der Waals surface area contributed by atoms with E-state index < -0.39 is 11.7 Å². The summed E-state index contributed by atoms with van der Waals surface area (Å²) < 4.78 is 38.3. The lowest BCUT2D eigenvalue weighted by molar-refractivity contribution is -0.137. The molecule has 0 unspecified atom stereocenters. The second-order valence-electron chi connectivity index (χ2n) is 3.98. The van der Waals surface area contributed by atoms with E-state index in [1.165, 1.54) is 6.07 Å². The molecule has 94 valence electrons. The average Bonchev–Trinajstić information content (AvgIpc) is 2.38. The molecule has 1 aromatic carbocycles. The van der Waals surface area contributed by atoms with E-state index in [4.69, 9.17) is 0 Å². The number of nitrogens with zero attached hydrogens (tertiary/aromatic N) is 1. The third kappa shape index (κ3) is 2.70. The van der Waals surface area contributed by atoms with Crippen LogP contribution in [0.4, 0.5) is 13.2 Å². The Balaban J connectivity index is 2.55. The lowest BCUT2D eigenvalue weighted by atomic mass is 10.0. The van der Waals surface area contributed by atoms with Gasteiger partial charge in [-0.25, -0.2) is 0 Å². The fraction of sp³-hybridized carbons (Fsp3) is 0.214. The molecule has 18 heavy (non-hydrogen) atoms. The van der Waals surface area contributed by atoms with Crippen molar-refractivity contribution in [3.63, 3.8) is 0 Å². The Hall–Kier alpha value is -1.84. The van der Waals surface area contributed by atoms with Crippen LogP contribution in [0.25, 0.3) is 11.3 Å². The highest BCUT2D eigenvalue weighted by Gasteiger charge is 2.31. The van der Waals surface area contributed by atoms with E-state index in [0.717, 1.165) is 6.07 Å². The topological polar surface area (TPSA) is 12.9 Å². The molecule has 0 saturated heterocycles. The maximum atomic E-state index is 12.8. The molecule has 1 aromatic heterocycles. The molecule has 0 radical (unpaired) electrons. The van der Waals surface area contributed by atoms with E-state index in [0.29, 0.717) is 23.2 Å². The highest BCUT2D eigenvalue weighted by atomic mass is 19.4. The van der Waals surface area contributed by atoms with Crippen LogP contribution in [0.15, 0.2) is 42.6 Å². The second-order valence-corrected chi connectivity index (χ2v) is 3.98. The zero-order valence-electron chi connectivity index (χ0n) is 9.83. The lowest BCUT2D eigenvalue weighted by Gasteiger charge is -2.11. The molecule has 0 aliphatic rings. The van der Waals surface area contributed by atoms with Crippen LogP contribution in [0.1, 0.15) is 18.1 Å². The van der Waals surface area contributed by atoms with Crippen LogP contribution in [0, 0.1) is 0 Å². The fourth-order valence-corrected chi connectivity index (χ4v) is 1.74. The first-order chi connectivity index (χ1) is 8.50. The minimum Gasteiger partial charge on any atom is -0.256 e. The molecule has 0 amide bonds. The zero-order valence-corrected chi connectivity index (χ0v) is 9.83. The van der Waals surface area contributed by atoms with Gasteiger partial charge in [-0.2, -0.15) is 13.2 Å². The van der Waals surface area contributed by atoms with Gasteiger partial charge in [-0.05, 0) is 42.3 Å². The first-order valence-corrected chi connectivity index (χ1v) is 5.63. The Morgan fingerprint density at radius 3 is 2.44 bits per heavy atom. The molecular formula is C14H12F3N. The molecule has 0 bridgehead atoms. The Bertz CT molecular complexity index is 532. The highest BCUT2D eigenvalue weighted by Crippen LogP contribution is 2.33. The smallest absolute Gasteiger partial charge is 0.256 e. The number of alkyl halides is 3. The molecule has 2 rings (SSSR count). The minimum absolute atomic E-state index is 0.502. The standard InChI is InChI=1S/C14H12F3N/c1-2-10-7-11(13-5-3-4-6-18-13)9-12(8-10)14(15,16)17/h3-9H,2H2,1H3. The molecule has 0 saturated carbocycles. The average molecular weight is 251 g/mol. The third-order valence-electron chi connectivity index (χ3n) is 2.69. The number of rotatable bonds is 2. The highest BCUT2D eigenvalue weighted by molar-refractivity contribution is 5.61. The Morgan fingerprint density at radius 2 is 1.89 bits per heavy atom. The molecule has 0 spiro atoms. The molecule has 0 fully saturated rings. The van der Waals surface area contributed by atoms with Gasteiger partial charge in [0, 0.05) is 11.8 Å². The molecule has 0 aliphatic carbocycles. The van der Waals surface area contributed by atoms with E-state index in [2.05, 4.69) is 4.98 Å². The molecule has 2 aromatic rings. The first-order valence-electron chi connectivity index (χ1n) is 5.63. The normalized spacial score (nSPS) is 11.6. The van der Waals surface area contributed by atoms with E-state index in [1.807, 2.05) is 6.92 Å². The minimum atomic E-state index is -4.32. The number of aryl methyl sites for hydroxylation is 1. The molecule has 0 atom stereocenters. The van der Waals surface area contributed by atoms with Crippen LogP contribution in [-0.2, 0) is 12.6 Å². The summed E-state index contributed by atoms with van der Waals surface area (Å²) in [6.45, 7) is 1.83. The summed E-state index contributed by atoms with van der Waals surface area (Å²) in [6.07, 6.45) is -2.19. The van der Waals surface area contributed by atoms with Crippen molar-refractivity contribution in [2.75, 3.05) is 0 Å². The van der Waals surface area contributed by atoms with Crippen molar-refractivity contribution < 1.29 is 13.2 Å². The first kappa shape index (κ1) is 12.6.